The van der Waals surface area contributed by atoms with Crippen molar-refractivity contribution in [1.82, 2.24) is 30.1 Å². The summed E-state index contributed by atoms with van der Waals surface area (Å²) < 4.78 is 13.0. The third kappa shape index (κ3) is 5.09. The second-order valence-corrected chi connectivity index (χ2v) is 8.78. The van der Waals surface area contributed by atoms with Crippen LogP contribution < -0.4 is 5.56 Å². The van der Waals surface area contributed by atoms with E-state index in [1.54, 1.807) is 17.2 Å². The molecule has 0 aliphatic rings. The predicted octanol–water partition coefficient (Wildman–Crippen LogP) is 4.60. The summed E-state index contributed by atoms with van der Waals surface area (Å²) in [5.74, 6) is 2.31. The molecule has 9 nitrogen and oxygen atoms in total. The molecule has 0 amide bonds. The fraction of sp³-hybridized carbons (Fsp3) is 0.308. The minimum atomic E-state index is -0.136. The van der Waals surface area contributed by atoms with E-state index in [9.17, 15) is 4.79 Å². The van der Waals surface area contributed by atoms with Crippen LogP contribution in [0.4, 0.5) is 0 Å². The second-order valence-electron chi connectivity index (χ2n) is 8.78. The lowest BCUT2D eigenvalue weighted by atomic mass is 10.1. The van der Waals surface area contributed by atoms with E-state index in [1.807, 2.05) is 49.4 Å². The Kier molecular flexibility index (Phi) is 6.58. The molecule has 0 fully saturated rings. The van der Waals surface area contributed by atoms with Crippen molar-refractivity contribution in [3.8, 4) is 0 Å². The zero-order chi connectivity index (χ0) is 24.2. The van der Waals surface area contributed by atoms with Crippen molar-refractivity contribution in [2.24, 2.45) is 0 Å². The number of furan rings is 2. The summed E-state index contributed by atoms with van der Waals surface area (Å²) in [6, 6.07) is 15.4. The molecule has 0 saturated carbocycles. The largest absolute Gasteiger partial charge is 0.468 e. The summed E-state index contributed by atoms with van der Waals surface area (Å²) in [6.07, 6.45) is 5.03. The van der Waals surface area contributed by atoms with Gasteiger partial charge in [-0.2, -0.15) is 0 Å². The quantitative estimate of drug-likeness (QED) is 0.317. The van der Waals surface area contributed by atoms with E-state index < -0.39 is 0 Å². The van der Waals surface area contributed by atoms with Crippen molar-refractivity contribution >= 4 is 10.9 Å². The summed E-state index contributed by atoms with van der Waals surface area (Å²) in [6.45, 7) is 5.53. The molecule has 0 spiro atoms. The minimum absolute atomic E-state index is 0.101. The predicted molar refractivity (Wildman–Crippen MR) is 131 cm³/mol. The number of benzene rings is 1. The highest BCUT2D eigenvalue weighted by atomic mass is 16.3. The average molecular weight is 473 g/mol. The van der Waals surface area contributed by atoms with Gasteiger partial charge in [0.1, 0.15) is 18.1 Å². The van der Waals surface area contributed by atoms with Crippen LogP contribution in [0.3, 0.4) is 0 Å². The van der Waals surface area contributed by atoms with E-state index in [0.29, 0.717) is 25.2 Å². The smallest absolute Gasteiger partial charge is 0.252 e. The van der Waals surface area contributed by atoms with Gasteiger partial charge in [0.2, 0.25) is 0 Å². The van der Waals surface area contributed by atoms with Crippen LogP contribution in [0, 0.1) is 6.92 Å². The number of nitrogens with one attached hydrogen (secondary N) is 1. The maximum Gasteiger partial charge on any atom is 0.252 e. The molecule has 4 aromatic heterocycles. The van der Waals surface area contributed by atoms with Crippen molar-refractivity contribution in [3.05, 3.63) is 99.9 Å². The molecule has 5 rings (SSSR count). The highest BCUT2D eigenvalue weighted by Crippen LogP contribution is 2.28. The third-order valence-corrected chi connectivity index (χ3v) is 6.14. The van der Waals surface area contributed by atoms with Crippen LogP contribution in [0.5, 0.6) is 0 Å². The first kappa shape index (κ1) is 22.8. The Hall–Kier alpha value is -3.98. The number of hydrogen-bond donors (Lipinski definition) is 1. The number of aromatic amines is 1. The molecule has 5 aromatic rings. The van der Waals surface area contributed by atoms with Crippen molar-refractivity contribution in [3.63, 3.8) is 0 Å². The molecular weight excluding hydrogens is 444 g/mol. The van der Waals surface area contributed by atoms with Gasteiger partial charge < -0.3 is 13.8 Å². The second kappa shape index (κ2) is 10.1. The van der Waals surface area contributed by atoms with Crippen LogP contribution >= 0.6 is 0 Å². The normalized spacial score (nSPS) is 12.5. The van der Waals surface area contributed by atoms with Gasteiger partial charge in [0.05, 0.1) is 25.1 Å². The minimum Gasteiger partial charge on any atom is -0.468 e. The first-order valence-corrected chi connectivity index (χ1v) is 11.8. The summed E-state index contributed by atoms with van der Waals surface area (Å²) in [5, 5.41) is 13.6. The molecular formula is C26H28N6O3. The van der Waals surface area contributed by atoms with Crippen molar-refractivity contribution in [2.75, 3.05) is 0 Å². The summed E-state index contributed by atoms with van der Waals surface area (Å²) in [4.78, 5) is 18.3. The zero-order valence-corrected chi connectivity index (χ0v) is 19.8. The van der Waals surface area contributed by atoms with Gasteiger partial charge in [-0.3, -0.25) is 9.69 Å². The van der Waals surface area contributed by atoms with Crippen LogP contribution in [-0.4, -0.2) is 30.1 Å². The fourth-order valence-corrected chi connectivity index (χ4v) is 4.45. The number of aromatic nitrogens is 5. The van der Waals surface area contributed by atoms with Gasteiger partial charge in [-0.05, 0) is 71.6 Å². The first-order chi connectivity index (χ1) is 17.1. The number of rotatable bonds is 10. The number of H-pyrrole nitrogens is 1. The van der Waals surface area contributed by atoms with Crippen LogP contribution in [0.1, 0.15) is 54.3 Å². The number of hydrogen-bond acceptors (Lipinski definition) is 7. The lowest BCUT2D eigenvalue weighted by molar-refractivity contribution is 0.144. The van der Waals surface area contributed by atoms with Gasteiger partial charge in [0.15, 0.2) is 5.82 Å². The van der Waals surface area contributed by atoms with E-state index in [1.165, 1.54) is 0 Å². The lowest BCUT2D eigenvalue weighted by Crippen LogP contribution is -2.32. The number of aryl methyl sites for hydroxylation is 1. The van der Waals surface area contributed by atoms with Gasteiger partial charge in [-0.15, -0.1) is 5.10 Å². The van der Waals surface area contributed by atoms with Crippen LogP contribution in [0.2, 0.25) is 0 Å². The summed E-state index contributed by atoms with van der Waals surface area (Å²) in [5.41, 5.74) is 2.55. The molecule has 1 unspecified atom stereocenters. The molecule has 1 N–H and O–H groups in total. The Morgan fingerprint density at radius 1 is 1.06 bits per heavy atom. The molecule has 180 valence electrons. The molecule has 0 aliphatic carbocycles. The Bertz CT molecular complexity index is 1440. The van der Waals surface area contributed by atoms with Crippen molar-refractivity contribution in [2.45, 2.75) is 52.4 Å². The summed E-state index contributed by atoms with van der Waals surface area (Å²) in [7, 11) is 0. The number of pyridine rings is 1. The van der Waals surface area contributed by atoms with Crippen LogP contribution in [0.15, 0.2) is 74.7 Å². The Balaban J connectivity index is 1.53. The monoisotopic (exact) mass is 472 g/mol. The Morgan fingerprint density at radius 2 is 1.86 bits per heavy atom. The highest BCUT2D eigenvalue weighted by Gasteiger charge is 2.27. The number of tetrazole rings is 1. The van der Waals surface area contributed by atoms with Gasteiger partial charge in [-0.25, -0.2) is 4.68 Å². The van der Waals surface area contributed by atoms with Gasteiger partial charge in [0.25, 0.3) is 5.56 Å². The van der Waals surface area contributed by atoms with Crippen LogP contribution in [0.25, 0.3) is 10.9 Å². The van der Waals surface area contributed by atoms with Gasteiger partial charge in [-0.1, -0.05) is 25.0 Å². The Labute approximate surface area is 202 Å². The molecule has 0 aliphatic heterocycles. The zero-order valence-electron chi connectivity index (χ0n) is 19.8. The van der Waals surface area contributed by atoms with E-state index in [4.69, 9.17) is 8.83 Å². The van der Waals surface area contributed by atoms with E-state index >= 15 is 0 Å². The average Bonchev–Trinajstić information content (AvgIpc) is 3.62. The molecule has 0 bridgehead atoms. The maximum atomic E-state index is 13.0. The van der Waals surface area contributed by atoms with E-state index in [-0.39, 0.29) is 11.6 Å². The highest BCUT2D eigenvalue weighted by molar-refractivity contribution is 5.79. The van der Waals surface area contributed by atoms with Crippen LogP contribution in [-0.2, 0) is 19.6 Å². The van der Waals surface area contributed by atoms with Gasteiger partial charge >= 0.3 is 0 Å². The molecule has 4 heterocycles. The molecule has 9 heteroatoms. The first-order valence-electron chi connectivity index (χ1n) is 11.8. The Morgan fingerprint density at radius 3 is 2.60 bits per heavy atom. The molecule has 1 atom stereocenters. The van der Waals surface area contributed by atoms with Crippen molar-refractivity contribution in [1.29, 1.82) is 0 Å². The number of nitrogens with zero attached hydrogens (tertiary/aromatic N) is 5. The summed E-state index contributed by atoms with van der Waals surface area (Å²) >= 11 is 0. The topological polar surface area (TPSA) is 106 Å². The van der Waals surface area contributed by atoms with Gasteiger partial charge in [0, 0.05) is 17.6 Å². The molecule has 0 saturated heterocycles. The third-order valence-electron chi connectivity index (χ3n) is 6.14. The standard InChI is InChI=1S/C26H28N6O3/c1-3-6-24(25-28-29-30-32(25)17-22-8-5-12-35-22)31(16-21-7-4-11-34-21)15-20-14-19-13-18(2)9-10-23(19)27-26(20)33/h4-5,7-14,24H,3,6,15-17H2,1-2H3,(H,27,33). The van der Waals surface area contributed by atoms with Crippen molar-refractivity contribution < 1.29 is 8.83 Å². The molecule has 35 heavy (non-hydrogen) atoms. The lowest BCUT2D eigenvalue weighted by Gasteiger charge is -2.30. The molecule has 1 aromatic carbocycles. The number of fused-ring (bicyclic) bond motifs is 1. The SMILES string of the molecule is CCCC(c1nnnn1Cc1ccco1)N(Cc1ccco1)Cc1cc2cc(C)ccc2[nH]c1=O. The van der Waals surface area contributed by atoms with E-state index in [0.717, 1.165) is 46.7 Å². The fourth-order valence-electron chi connectivity index (χ4n) is 4.45. The van der Waals surface area contributed by atoms with E-state index in [2.05, 4.69) is 38.4 Å². The molecule has 0 radical (unpaired) electrons. The maximum absolute atomic E-state index is 13.0.